The summed E-state index contributed by atoms with van der Waals surface area (Å²) in [5.74, 6) is 2.35. The van der Waals surface area contributed by atoms with Crippen LogP contribution in [0.1, 0.15) is 19.4 Å². The highest BCUT2D eigenvalue weighted by molar-refractivity contribution is 7.96. The molecule has 6 heteroatoms. The lowest BCUT2D eigenvalue weighted by Gasteiger charge is -2.13. The molecule has 0 fully saturated rings. The molecule has 0 bridgehead atoms. The van der Waals surface area contributed by atoms with Crippen molar-refractivity contribution in [3.8, 4) is 17.0 Å². The van der Waals surface area contributed by atoms with Crippen molar-refractivity contribution in [3.63, 3.8) is 0 Å². The molecule has 0 saturated heterocycles. The van der Waals surface area contributed by atoms with E-state index in [-0.39, 0.29) is 0 Å². The topological polar surface area (TPSA) is 59.1 Å². The smallest absolute Gasteiger partial charge is 0.134 e. The molecule has 172 valence electrons. The van der Waals surface area contributed by atoms with E-state index in [0.29, 0.717) is 6.61 Å². The Hall–Kier alpha value is -3.35. The molecule has 0 unspecified atom stereocenters. The largest absolute Gasteiger partial charge is 0.488 e. The lowest BCUT2D eigenvalue weighted by Crippen LogP contribution is -2.01. The predicted molar refractivity (Wildman–Crippen MR) is 143 cm³/mol. The standard InChI is InChI=1S/C25H26N4OS.C2H6/c1-4-9-19(5-2)16-30-24-13-7-6-12-22(24)23-15-25(28-18-27-23)29-21-11-8-10-20(14-21)17-31-26-3;1-2/h4-15,18,26H,1-2,16-17H2,3H3,(H,27,28,29);1-2H3/b19-9+;. The Balaban J connectivity index is 0.00000187. The number of anilines is 2. The fourth-order valence-electron chi connectivity index (χ4n) is 2.91. The van der Waals surface area contributed by atoms with Crippen molar-refractivity contribution >= 4 is 23.5 Å². The zero-order valence-corrected chi connectivity index (χ0v) is 20.4. The minimum atomic E-state index is 0.403. The number of benzene rings is 2. The van der Waals surface area contributed by atoms with Crippen LogP contribution in [-0.4, -0.2) is 23.6 Å². The van der Waals surface area contributed by atoms with Gasteiger partial charge in [0.2, 0.25) is 0 Å². The number of rotatable bonds is 11. The van der Waals surface area contributed by atoms with Gasteiger partial charge in [0.1, 0.15) is 24.5 Å². The summed E-state index contributed by atoms with van der Waals surface area (Å²) < 4.78 is 9.13. The van der Waals surface area contributed by atoms with Crippen molar-refractivity contribution in [1.82, 2.24) is 14.7 Å². The van der Waals surface area contributed by atoms with Crippen molar-refractivity contribution in [1.29, 1.82) is 0 Å². The average molecular weight is 461 g/mol. The van der Waals surface area contributed by atoms with E-state index in [1.54, 1.807) is 30.4 Å². The van der Waals surface area contributed by atoms with Gasteiger partial charge in [-0.3, -0.25) is 4.72 Å². The molecule has 0 radical (unpaired) electrons. The highest BCUT2D eigenvalue weighted by atomic mass is 32.2. The second kappa shape index (κ2) is 14.7. The van der Waals surface area contributed by atoms with E-state index in [1.165, 1.54) is 5.56 Å². The molecule has 3 rings (SSSR count). The fourth-order valence-corrected chi connectivity index (χ4v) is 3.40. The van der Waals surface area contributed by atoms with Gasteiger partial charge in [0.05, 0.1) is 5.69 Å². The van der Waals surface area contributed by atoms with Crippen molar-refractivity contribution < 1.29 is 4.74 Å². The molecule has 0 saturated carbocycles. The molecule has 0 aliphatic carbocycles. The van der Waals surface area contributed by atoms with Crippen molar-refractivity contribution in [2.45, 2.75) is 19.6 Å². The van der Waals surface area contributed by atoms with Gasteiger partial charge in [0.15, 0.2) is 0 Å². The van der Waals surface area contributed by atoms with Gasteiger partial charge in [0.25, 0.3) is 0 Å². The van der Waals surface area contributed by atoms with Gasteiger partial charge in [0, 0.05) is 23.1 Å². The minimum Gasteiger partial charge on any atom is -0.488 e. The van der Waals surface area contributed by atoms with Crippen molar-refractivity contribution in [3.05, 3.63) is 103 Å². The van der Waals surface area contributed by atoms with Crippen LogP contribution in [0.4, 0.5) is 11.5 Å². The number of nitrogens with one attached hydrogen (secondary N) is 2. The maximum absolute atomic E-state index is 6.03. The molecule has 0 spiro atoms. The minimum absolute atomic E-state index is 0.403. The first-order valence-corrected chi connectivity index (χ1v) is 11.8. The number of para-hydroxylation sites is 1. The summed E-state index contributed by atoms with van der Waals surface area (Å²) in [5, 5.41) is 3.37. The zero-order valence-electron chi connectivity index (χ0n) is 19.5. The number of hydrogen-bond donors (Lipinski definition) is 2. The van der Waals surface area contributed by atoms with Gasteiger partial charge < -0.3 is 10.1 Å². The summed E-state index contributed by atoms with van der Waals surface area (Å²) in [6.07, 6.45) is 6.93. The third-order valence-electron chi connectivity index (χ3n) is 4.40. The second-order valence-corrected chi connectivity index (χ2v) is 7.56. The Morgan fingerprint density at radius 3 is 2.64 bits per heavy atom. The van der Waals surface area contributed by atoms with Gasteiger partial charge in [-0.25, -0.2) is 9.97 Å². The van der Waals surface area contributed by atoms with Crippen LogP contribution in [-0.2, 0) is 5.75 Å². The summed E-state index contributed by atoms with van der Waals surface area (Å²) in [6.45, 7) is 11.9. The molecule has 0 amide bonds. The van der Waals surface area contributed by atoms with E-state index in [2.05, 4.69) is 45.3 Å². The molecule has 1 aromatic heterocycles. The third kappa shape index (κ3) is 8.25. The highest BCUT2D eigenvalue weighted by Crippen LogP contribution is 2.30. The Morgan fingerprint density at radius 1 is 1.06 bits per heavy atom. The Bertz CT molecular complexity index is 1070. The predicted octanol–water partition coefficient (Wildman–Crippen LogP) is 6.96. The SMILES string of the molecule is C=C/C=C(\C=C)COc1ccccc1-c1cc(Nc2cccc(CSNC)c2)ncn1.CC. The van der Waals surface area contributed by atoms with Crippen molar-refractivity contribution in [2.24, 2.45) is 0 Å². The van der Waals surface area contributed by atoms with E-state index in [9.17, 15) is 0 Å². The first kappa shape index (κ1) is 25.9. The molecule has 1 heterocycles. The number of nitrogens with zero attached hydrogens (tertiary/aromatic N) is 2. The molecule has 0 aliphatic heterocycles. The van der Waals surface area contributed by atoms with Crippen LogP contribution in [0.25, 0.3) is 11.3 Å². The maximum Gasteiger partial charge on any atom is 0.134 e. The summed E-state index contributed by atoms with van der Waals surface area (Å²) in [4.78, 5) is 8.84. The van der Waals surface area contributed by atoms with Gasteiger partial charge in [-0.1, -0.05) is 81.4 Å². The van der Waals surface area contributed by atoms with Crippen LogP contribution < -0.4 is 14.8 Å². The average Bonchev–Trinajstić information content (AvgIpc) is 2.87. The Labute approximate surface area is 201 Å². The van der Waals surface area contributed by atoms with E-state index in [0.717, 1.165) is 39.8 Å². The summed E-state index contributed by atoms with van der Waals surface area (Å²) in [6, 6.07) is 18.0. The van der Waals surface area contributed by atoms with E-state index >= 15 is 0 Å². The van der Waals surface area contributed by atoms with Crippen LogP contribution in [0.15, 0.2) is 97.9 Å². The normalized spacial score (nSPS) is 10.6. The highest BCUT2D eigenvalue weighted by Gasteiger charge is 2.09. The molecule has 5 nitrogen and oxygen atoms in total. The van der Waals surface area contributed by atoms with Gasteiger partial charge >= 0.3 is 0 Å². The number of hydrogen-bond acceptors (Lipinski definition) is 6. The lowest BCUT2D eigenvalue weighted by atomic mass is 10.1. The van der Waals surface area contributed by atoms with Crippen LogP contribution in [0.3, 0.4) is 0 Å². The fraction of sp³-hybridized carbons (Fsp3) is 0.185. The lowest BCUT2D eigenvalue weighted by molar-refractivity contribution is 0.357. The summed E-state index contributed by atoms with van der Waals surface area (Å²) in [5.41, 5.74) is 4.83. The molecule has 2 aromatic carbocycles. The molecular weight excluding hydrogens is 428 g/mol. The van der Waals surface area contributed by atoms with Crippen LogP contribution in [0.5, 0.6) is 5.75 Å². The maximum atomic E-state index is 6.03. The quantitative estimate of drug-likeness (QED) is 0.238. The third-order valence-corrected chi connectivity index (χ3v) is 5.17. The second-order valence-electron chi connectivity index (χ2n) is 6.57. The van der Waals surface area contributed by atoms with Crippen LogP contribution in [0, 0.1) is 0 Å². The zero-order chi connectivity index (χ0) is 23.9. The molecule has 33 heavy (non-hydrogen) atoms. The Morgan fingerprint density at radius 2 is 1.88 bits per heavy atom. The monoisotopic (exact) mass is 460 g/mol. The van der Waals surface area contributed by atoms with E-state index < -0.39 is 0 Å². The first-order valence-electron chi connectivity index (χ1n) is 10.9. The van der Waals surface area contributed by atoms with Crippen LogP contribution >= 0.6 is 11.9 Å². The molecule has 0 atom stereocenters. The molecule has 0 aliphatic rings. The summed E-state index contributed by atoms with van der Waals surface area (Å²) in [7, 11) is 1.92. The van der Waals surface area contributed by atoms with Gasteiger partial charge in [-0.05, 0) is 42.4 Å². The first-order chi connectivity index (χ1) is 16.2. The number of aromatic nitrogens is 2. The van der Waals surface area contributed by atoms with E-state index in [1.807, 2.05) is 69.4 Å². The van der Waals surface area contributed by atoms with Gasteiger partial charge in [-0.15, -0.1) is 0 Å². The van der Waals surface area contributed by atoms with Crippen LogP contribution in [0.2, 0.25) is 0 Å². The number of ether oxygens (including phenoxy) is 1. The number of allylic oxidation sites excluding steroid dienone is 2. The molecule has 2 N–H and O–H groups in total. The molecule has 3 aromatic rings. The Kier molecular flexibility index (Phi) is 11.5. The summed E-state index contributed by atoms with van der Waals surface area (Å²) >= 11 is 1.66. The van der Waals surface area contributed by atoms with Gasteiger partial charge in [-0.2, -0.15) is 0 Å². The van der Waals surface area contributed by atoms with Crippen molar-refractivity contribution in [2.75, 3.05) is 19.0 Å². The molecular formula is C27H32N4OS. The van der Waals surface area contributed by atoms with E-state index in [4.69, 9.17) is 4.74 Å².